The summed E-state index contributed by atoms with van der Waals surface area (Å²) in [4.78, 5) is 11.7. The van der Waals surface area contributed by atoms with Crippen molar-refractivity contribution in [3.05, 3.63) is 71.3 Å². The van der Waals surface area contributed by atoms with Crippen molar-refractivity contribution in [1.29, 1.82) is 0 Å². The fraction of sp³-hybridized carbons (Fsp3) is 0.150. The van der Waals surface area contributed by atoms with Gasteiger partial charge in [0.05, 0.1) is 7.11 Å². The maximum Gasteiger partial charge on any atom is 0.339 e. The minimum Gasteiger partial charge on any atom is -0.496 e. The van der Waals surface area contributed by atoms with Crippen LogP contribution in [0.25, 0.3) is 10.8 Å². The lowest BCUT2D eigenvalue weighted by Gasteiger charge is -2.16. The van der Waals surface area contributed by atoms with Gasteiger partial charge in [-0.2, -0.15) is 0 Å². The molecule has 0 unspecified atom stereocenters. The summed E-state index contributed by atoms with van der Waals surface area (Å²) in [5.41, 5.74) is 1.81. The van der Waals surface area contributed by atoms with Gasteiger partial charge in [0.15, 0.2) is 0 Å². The molecule has 4 heteroatoms. The topological polar surface area (TPSA) is 55.8 Å². The van der Waals surface area contributed by atoms with E-state index < -0.39 is 5.97 Å². The number of rotatable bonds is 5. The van der Waals surface area contributed by atoms with Gasteiger partial charge in [-0.1, -0.05) is 42.5 Å². The highest BCUT2D eigenvalue weighted by molar-refractivity contribution is 6.04. The molecule has 0 aromatic heterocycles. The Balaban J connectivity index is 2.15. The molecule has 0 amide bonds. The number of ether oxygens (including phenoxy) is 2. The molecule has 0 atom stereocenters. The zero-order valence-electron chi connectivity index (χ0n) is 13.6. The van der Waals surface area contributed by atoms with E-state index >= 15 is 0 Å². The van der Waals surface area contributed by atoms with Gasteiger partial charge in [-0.15, -0.1) is 0 Å². The Bertz CT molecular complexity index is 885. The monoisotopic (exact) mass is 322 g/mol. The number of carboxylic acids is 1. The number of benzene rings is 3. The van der Waals surface area contributed by atoms with E-state index in [1.54, 1.807) is 14.0 Å². The van der Waals surface area contributed by atoms with E-state index in [2.05, 4.69) is 0 Å². The number of hydrogen-bond acceptors (Lipinski definition) is 3. The fourth-order valence-corrected chi connectivity index (χ4v) is 2.82. The molecule has 0 aliphatic heterocycles. The number of aromatic carboxylic acids is 1. The van der Waals surface area contributed by atoms with E-state index in [0.717, 1.165) is 16.3 Å². The molecule has 0 aliphatic carbocycles. The molecular formula is C20H18O4. The van der Waals surface area contributed by atoms with Crippen molar-refractivity contribution in [1.82, 2.24) is 0 Å². The minimum atomic E-state index is -1.000. The van der Waals surface area contributed by atoms with Gasteiger partial charge < -0.3 is 14.6 Å². The summed E-state index contributed by atoms with van der Waals surface area (Å²) < 4.78 is 11.3. The van der Waals surface area contributed by atoms with Gasteiger partial charge in [-0.3, -0.25) is 0 Å². The molecule has 4 nitrogen and oxygen atoms in total. The van der Waals surface area contributed by atoms with Crippen LogP contribution in [0.4, 0.5) is 0 Å². The largest absolute Gasteiger partial charge is 0.496 e. The summed E-state index contributed by atoms with van der Waals surface area (Å²) in [5.74, 6) is 0.0673. The van der Waals surface area contributed by atoms with Crippen LogP contribution in [0.2, 0.25) is 0 Å². The van der Waals surface area contributed by atoms with Crippen molar-refractivity contribution in [2.75, 3.05) is 7.11 Å². The molecule has 0 radical (unpaired) electrons. The highest BCUT2D eigenvalue weighted by Crippen LogP contribution is 2.37. The maximum atomic E-state index is 11.7. The summed E-state index contributed by atoms with van der Waals surface area (Å²) in [7, 11) is 1.60. The predicted molar refractivity (Wildman–Crippen MR) is 93.0 cm³/mol. The third-order valence-corrected chi connectivity index (χ3v) is 3.95. The molecule has 0 heterocycles. The Morgan fingerprint density at radius 2 is 1.79 bits per heavy atom. The number of carboxylic acid groups (broad SMARTS) is 1. The van der Waals surface area contributed by atoms with Crippen LogP contribution in [0.15, 0.2) is 54.6 Å². The lowest BCUT2D eigenvalue weighted by molar-refractivity contribution is 0.0691. The predicted octanol–water partition coefficient (Wildman–Crippen LogP) is 4.43. The SMILES string of the molecule is COc1cccc2c(OCc3ccccc3)c(C(=O)O)c(C)cc12. The lowest BCUT2D eigenvalue weighted by atomic mass is 9.99. The van der Waals surface area contributed by atoms with Gasteiger partial charge in [0.25, 0.3) is 0 Å². The normalized spacial score (nSPS) is 10.6. The molecule has 0 saturated heterocycles. The third-order valence-electron chi connectivity index (χ3n) is 3.95. The molecule has 0 fully saturated rings. The van der Waals surface area contributed by atoms with E-state index in [9.17, 15) is 9.90 Å². The third kappa shape index (κ3) is 2.91. The quantitative estimate of drug-likeness (QED) is 0.755. The van der Waals surface area contributed by atoms with Gasteiger partial charge in [-0.05, 0) is 30.2 Å². The fourth-order valence-electron chi connectivity index (χ4n) is 2.82. The average molecular weight is 322 g/mol. The first-order valence-electron chi connectivity index (χ1n) is 7.62. The molecule has 122 valence electrons. The molecule has 0 aliphatic rings. The first-order chi connectivity index (χ1) is 11.6. The summed E-state index contributed by atoms with van der Waals surface area (Å²) >= 11 is 0. The standard InChI is InChI=1S/C20H18O4/c1-13-11-16-15(9-6-10-17(16)23-2)19(18(13)20(21)22)24-12-14-7-4-3-5-8-14/h3-11H,12H2,1-2H3,(H,21,22). The minimum absolute atomic E-state index is 0.187. The second-order valence-corrected chi connectivity index (χ2v) is 5.53. The molecular weight excluding hydrogens is 304 g/mol. The number of fused-ring (bicyclic) bond motifs is 1. The van der Waals surface area contributed by atoms with Crippen LogP contribution in [0.5, 0.6) is 11.5 Å². The summed E-state index contributed by atoms with van der Waals surface area (Å²) in [6.45, 7) is 2.07. The van der Waals surface area contributed by atoms with Crippen LogP contribution in [0, 0.1) is 6.92 Å². The second kappa shape index (κ2) is 6.62. The average Bonchev–Trinajstić information content (AvgIpc) is 2.59. The van der Waals surface area contributed by atoms with E-state index in [0.29, 0.717) is 23.7 Å². The Morgan fingerprint density at radius 1 is 1.04 bits per heavy atom. The van der Waals surface area contributed by atoms with Gasteiger partial charge >= 0.3 is 5.97 Å². The van der Waals surface area contributed by atoms with Crippen molar-refractivity contribution in [3.63, 3.8) is 0 Å². The van der Waals surface area contributed by atoms with E-state index in [4.69, 9.17) is 9.47 Å². The summed E-state index contributed by atoms with van der Waals surface area (Å²) in [5, 5.41) is 11.2. The molecule has 1 N–H and O–H groups in total. The number of aryl methyl sites for hydroxylation is 1. The molecule has 0 saturated carbocycles. The van der Waals surface area contributed by atoms with Crippen molar-refractivity contribution in [2.24, 2.45) is 0 Å². The molecule has 3 aromatic carbocycles. The van der Waals surface area contributed by atoms with Crippen LogP contribution < -0.4 is 9.47 Å². The van der Waals surface area contributed by atoms with Crippen LogP contribution in [-0.2, 0) is 6.61 Å². The Morgan fingerprint density at radius 3 is 2.46 bits per heavy atom. The Labute approximate surface area is 140 Å². The van der Waals surface area contributed by atoms with E-state index in [-0.39, 0.29) is 5.56 Å². The van der Waals surface area contributed by atoms with Gasteiger partial charge in [0.1, 0.15) is 23.7 Å². The van der Waals surface area contributed by atoms with E-state index in [1.165, 1.54) is 0 Å². The van der Waals surface area contributed by atoms with Crippen LogP contribution in [0.3, 0.4) is 0 Å². The second-order valence-electron chi connectivity index (χ2n) is 5.53. The van der Waals surface area contributed by atoms with Gasteiger partial charge in [0.2, 0.25) is 0 Å². The molecule has 3 aromatic rings. The highest BCUT2D eigenvalue weighted by atomic mass is 16.5. The van der Waals surface area contributed by atoms with Crippen LogP contribution in [0.1, 0.15) is 21.5 Å². The highest BCUT2D eigenvalue weighted by Gasteiger charge is 2.20. The Kier molecular flexibility index (Phi) is 4.38. The lowest BCUT2D eigenvalue weighted by Crippen LogP contribution is -2.07. The zero-order chi connectivity index (χ0) is 17.1. The first kappa shape index (κ1) is 15.9. The smallest absolute Gasteiger partial charge is 0.339 e. The van der Waals surface area contributed by atoms with Gasteiger partial charge in [-0.25, -0.2) is 4.79 Å². The first-order valence-corrected chi connectivity index (χ1v) is 7.62. The molecule has 0 spiro atoms. The van der Waals surface area contributed by atoms with Crippen molar-refractivity contribution in [2.45, 2.75) is 13.5 Å². The summed E-state index contributed by atoms with van der Waals surface area (Å²) in [6, 6.07) is 17.0. The van der Waals surface area contributed by atoms with Crippen molar-refractivity contribution >= 4 is 16.7 Å². The van der Waals surface area contributed by atoms with Gasteiger partial charge in [0, 0.05) is 10.8 Å². The zero-order valence-corrected chi connectivity index (χ0v) is 13.6. The van der Waals surface area contributed by atoms with Crippen molar-refractivity contribution in [3.8, 4) is 11.5 Å². The Hall–Kier alpha value is -3.01. The molecule has 0 bridgehead atoms. The van der Waals surface area contributed by atoms with Crippen molar-refractivity contribution < 1.29 is 19.4 Å². The number of hydrogen-bond donors (Lipinski definition) is 1. The molecule has 3 rings (SSSR count). The summed E-state index contributed by atoms with van der Waals surface area (Å²) in [6.07, 6.45) is 0. The van der Waals surface area contributed by atoms with E-state index in [1.807, 2.05) is 54.6 Å². The maximum absolute atomic E-state index is 11.7. The number of methoxy groups -OCH3 is 1. The number of carbonyl (C=O) groups is 1. The van der Waals surface area contributed by atoms with Crippen LogP contribution >= 0.6 is 0 Å². The molecule has 24 heavy (non-hydrogen) atoms. The van der Waals surface area contributed by atoms with Crippen LogP contribution in [-0.4, -0.2) is 18.2 Å².